The highest BCUT2D eigenvalue weighted by atomic mass is 79.9. The van der Waals surface area contributed by atoms with Gasteiger partial charge in [-0.1, -0.05) is 34.1 Å². The minimum atomic E-state index is -3.47. The van der Waals surface area contributed by atoms with Crippen molar-refractivity contribution in [2.24, 2.45) is 5.73 Å². The number of nitrogens with two attached hydrogens (primary N) is 1. The zero-order valence-corrected chi connectivity index (χ0v) is 14.1. The van der Waals surface area contributed by atoms with Gasteiger partial charge in [0.1, 0.15) is 4.21 Å². The van der Waals surface area contributed by atoms with Crippen LogP contribution in [0.4, 0.5) is 0 Å². The van der Waals surface area contributed by atoms with Crippen LogP contribution in [0.2, 0.25) is 0 Å². The van der Waals surface area contributed by atoms with Gasteiger partial charge >= 0.3 is 0 Å². The van der Waals surface area contributed by atoms with E-state index >= 15 is 0 Å². The van der Waals surface area contributed by atoms with Gasteiger partial charge < -0.3 is 5.73 Å². The first-order valence-electron chi connectivity index (χ1n) is 5.92. The van der Waals surface area contributed by atoms with Gasteiger partial charge in [0, 0.05) is 24.6 Å². The molecule has 0 radical (unpaired) electrons. The van der Waals surface area contributed by atoms with Crippen molar-refractivity contribution >= 4 is 37.3 Å². The van der Waals surface area contributed by atoms with Gasteiger partial charge in [0.05, 0.1) is 0 Å². The summed E-state index contributed by atoms with van der Waals surface area (Å²) in [6, 6.07) is 9.22. The lowest BCUT2D eigenvalue weighted by Gasteiger charge is -2.16. The van der Waals surface area contributed by atoms with Crippen molar-refractivity contribution in [3.05, 3.63) is 51.3 Å². The number of hydrogen-bond donors (Lipinski definition) is 1. The molecule has 2 rings (SSSR count). The molecule has 0 aliphatic carbocycles. The normalized spacial score (nSPS) is 12.0. The van der Waals surface area contributed by atoms with E-state index in [-0.39, 0.29) is 0 Å². The maximum atomic E-state index is 12.5. The van der Waals surface area contributed by atoms with E-state index in [4.69, 9.17) is 5.73 Å². The van der Waals surface area contributed by atoms with Gasteiger partial charge in [-0.15, -0.1) is 11.3 Å². The molecule has 20 heavy (non-hydrogen) atoms. The molecular formula is C13H15BrN2O2S2. The summed E-state index contributed by atoms with van der Waals surface area (Å²) in [4.78, 5) is 0. The van der Waals surface area contributed by atoms with Gasteiger partial charge in [-0.2, -0.15) is 4.31 Å². The second kappa shape index (κ2) is 6.36. The highest BCUT2D eigenvalue weighted by Crippen LogP contribution is 2.25. The first kappa shape index (κ1) is 15.7. The summed E-state index contributed by atoms with van der Waals surface area (Å²) in [7, 11) is -1.89. The van der Waals surface area contributed by atoms with Crippen LogP contribution in [-0.2, 0) is 23.1 Å². The van der Waals surface area contributed by atoms with Crippen molar-refractivity contribution in [3.8, 4) is 0 Å². The van der Waals surface area contributed by atoms with Crippen LogP contribution in [0.1, 0.15) is 11.1 Å². The minimum Gasteiger partial charge on any atom is -0.326 e. The standard InChI is InChI=1S/C13H15BrN2O2S2/c1-16(8-11-4-2-3-5-12(11)14)20(17,18)13-6-10(7-15)9-19-13/h2-6,9H,7-8,15H2,1H3. The van der Waals surface area contributed by atoms with E-state index in [0.29, 0.717) is 17.3 Å². The van der Waals surface area contributed by atoms with Crippen LogP contribution >= 0.6 is 27.3 Å². The molecule has 108 valence electrons. The van der Waals surface area contributed by atoms with Crippen molar-refractivity contribution in [1.29, 1.82) is 0 Å². The monoisotopic (exact) mass is 374 g/mol. The van der Waals surface area contributed by atoms with Crippen LogP contribution < -0.4 is 5.73 Å². The summed E-state index contributed by atoms with van der Waals surface area (Å²) in [5, 5.41) is 1.78. The fourth-order valence-corrected chi connectivity index (χ4v) is 4.69. The second-order valence-electron chi connectivity index (χ2n) is 4.33. The van der Waals surface area contributed by atoms with E-state index in [1.165, 1.54) is 15.6 Å². The number of rotatable bonds is 5. The molecule has 0 bridgehead atoms. The van der Waals surface area contributed by atoms with Crippen molar-refractivity contribution in [2.75, 3.05) is 7.05 Å². The molecule has 2 aromatic rings. The maximum absolute atomic E-state index is 12.5. The van der Waals surface area contributed by atoms with E-state index in [1.54, 1.807) is 18.5 Å². The Morgan fingerprint density at radius 3 is 2.65 bits per heavy atom. The SMILES string of the molecule is CN(Cc1ccccc1Br)S(=O)(=O)c1cc(CN)cs1. The fraction of sp³-hybridized carbons (Fsp3) is 0.231. The molecule has 1 aromatic heterocycles. The Bertz CT molecular complexity index is 698. The van der Waals surface area contributed by atoms with Gasteiger partial charge in [-0.25, -0.2) is 8.42 Å². The zero-order chi connectivity index (χ0) is 14.8. The van der Waals surface area contributed by atoms with Crippen molar-refractivity contribution in [2.45, 2.75) is 17.3 Å². The molecule has 0 saturated carbocycles. The molecule has 0 aliphatic heterocycles. The van der Waals surface area contributed by atoms with Gasteiger partial charge in [-0.3, -0.25) is 0 Å². The number of benzene rings is 1. The smallest absolute Gasteiger partial charge is 0.252 e. The first-order valence-corrected chi connectivity index (χ1v) is 9.03. The van der Waals surface area contributed by atoms with Gasteiger partial charge in [0.25, 0.3) is 10.0 Å². The molecule has 0 unspecified atom stereocenters. The Kier molecular flexibility index (Phi) is 4.98. The van der Waals surface area contributed by atoms with Crippen molar-refractivity contribution < 1.29 is 8.42 Å². The van der Waals surface area contributed by atoms with Crippen LogP contribution in [0.5, 0.6) is 0 Å². The molecule has 1 aromatic carbocycles. The van der Waals surface area contributed by atoms with Crippen LogP contribution in [-0.4, -0.2) is 19.8 Å². The molecule has 0 fully saturated rings. The van der Waals surface area contributed by atoms with Crippen LogP contribution in [0.3, 0.4) is 0 Å². The van der Waals surface area contributed by atoms with Crippen LogP contribution in [0.25, 0.3) is 0 Å². The molecule has 1 heterocycles. The Morgan fingerprint density at radius 2 is 2.05 bits per heavy atom. The third-order valence-electron chi connectivity index (χ3n) is 2.88. The minimum absolute atomic E-state index is 0.319. The number of hydrogen-bond acceptors (Lipinski definition) is 4. The van der Waals surface area contributed by atoms with Gasteiger partial charge in [-0.05, 0) is 28.6 Å². The molecule has 0 saturated heterocycles. The summed E-state index contributed by atoms with van der Waals surface area (Å²) in [5.41, 5.74) is 7.28. The predicted molar refractivity (Wildman–Crippen MR) is 85.0 cm³/mol. The summed E-state index contributed by atoms with van der Waals surface area (Å²) in [6.07, 6.45) is 0. The molecule has 0 spiro atoms. The van der Waals surface area contributed by atoms with E-state index < -0.39 is 10.0 Å². The Hall–Kier alpha value is -0.730. The van der Waals surface area contributed by atoms with Gasteiger partial charge in [0.15, 0.2) is 0 Å². The summed E-state index contributed by atoms with van der Waals surface area (Å²) < 4.78 is 27.5. The number of nitrogens with zero attached hydrogens (tertiary/aromatic N) is 1. The summed E-state index contributed by atoms with van der Waals surface area (Å²) in [6.45, 7) is 0.666. The topological polar surface area (TPSA) is 63.4 Å². The molecule has 7 heteroatoms. The lowest BCUT2D eigenvalue weighted by Crippen LogP contribution is -2.26. The molecule has 0 aliphatic rings. The predicted octanol–water partition coefficient (Wildman–Crippen LogP) is 2.79. The highest BCUT2D eigenvalue weighted by Gasteiger charge is 2.23. The Labute approximate surface area is 131 Å². The quantitative estimate of drug-likeness (QED) is 0.874. The second-order valence-corrected chi connectivity index (χ2v) is 8.37. The van der Waals surface area contributed by atoms with E-state index in [0.717, 1.165) is 15.6 Å². The largest absolute Gasteiger partial charge is 0.326 e. The van der Waals surface area contributed by atoms with Crippen molar-refractivity contribution in [3.63, 3.8) is 0 Å². The third kappa shape index (κ3) is 3.29. The molecule has 0 amide bonds. The highest BCUT2D eigenvalue weighted by molar-refractivity contribution is 9.10. The summed E-state index contributed by atoms with van der Waals surface area (Å²) >= 11 is 4.63. The average molecular weight is 375 g/mol. The fourth-order valence-electron chi connectivity index (χ4n) is 1.70. The van der Waals surface area contributed by atoms with E-state index in [2.05, 4.69) is 15.9 Å². The molecule has 4 nitrogen and oxygen atoms in total. The van der Waals surface area contributed by atoms with E-state index in [9.17, 15) is 8.42 Å². The number of thiophene rings is 1. The average Bonchev–Trinajstić information content (AvgIpc) is 2.90. The van der Waals surface area contributed by atoms with Crippen molar-refractivity contribution in [1.82, 2.24) is 4.31 Å². The third-order valence-corrected chi connectivity index (χ3v) is 6.92. The van der Waals surface area contributed by atoms with Crippen LogP contribution in [0, 0.1) is 0 Å². The van der Waals surface area contributed by atoms with Gasteiger partial charge in [0.2, 0.25) is 0 Å². The number of halogens is 1. The Balaban J connectivity index is 2.23. The lowest BCUT2D eigenvalue weighted by molar-refractivity contribution is 0.468. The molecular weight excluding hydrogens is 360 g/mol. The van der Waals surface area contributed by atoms with Crippen LogP contribution in [0.15, 0.2) is 44.4 Å². The lowest BCUT2D eigenvalue weighted by atomic mass is 10.2. The Morgan fingerprint density at radius 1 is 1.35 bits per heavy atom. The maximum Gasteiger partial charge on any atom is 0.252 e. The summed E-state index contributed by atoms with van der Waals surface area (Å²) in [5.74, 6) is 0. The zero-order valence-electron chi connectivity index (χ0n) is 10.9. The number of sulfonamides is 1. The first-order chi connectivity index (χ1) is 9.45. The van der Waals surface area contributed by atoms with E-state index in [1.807, 2.05) is 24.3 Å². The molecule has 0 atom stereocenters. The molecule has 2 N–H and O–H groups in total.